The van der Waals surface area contributed by atoms with Crippen molar-refractivity contribution in [3.63, 3.8) is 0 Å². The van der Waals surface area contributed by atoms with E-state index < -0.39 is 6.10 Å². The Balaban J connectivity index is 3.23. The maximum Gasteiger partial charge on any atom is 0.140 e. The van der Waals surface area contributed by atoms with Crippen LogP contribution in [0.25, 0.3) is 0 Å². The SMILES string of the molecule is C#CC(CO)OC. The minimum atomic E-state index is -0.431. The Labute approximate surface area is 43.1 Å². The number of rotatable bonds is 2. The zero-order valence-corrected chi connectivity index (χ0v) is 4.22. The van der Waals surface area contributed by atoms with Gasteiger partial charge in [0, 0.05) is 7.11 Å². The molecule has 0 aromatic heterocycles. The third-order valence-electron chi connectivity index (χ3n) is 0.636. The average molecular weight is 100 g/mol. The molecule has 0 aliphatic carbocycles. The van der Waals surface area contributed by atoms with Crippen LogP contribution in [0.4, 0.5) is 0 Å². The number of hydrogen-bond acceptors (Lipinski definition) is 2. The topological polar surface area (TPSA) is 29.5 Å². The largest absolute Gasteiger partial charge is 0.393 e. The van der Waals surface area contributed by atoms with Gasteiger partial charge in [-0.05, 0) is 0 Å². The van der Waals surface area contributed by atoms with Crippen molar-refractivity contribution in [1.29, 1.82) is 0 Å². The molecule has 0 saturated heterocycles. The molecule has 0 aliphatic heterocycles. The second-order valence-electron chi connectivity index (χ2n) is 1.07. The van der Waals surface area contributed by atoms with Gasteiger partial charge in [-0.2, -0.15) is 0 Å². The molecule has 0 bridgehead atoms. The number of hydrogen-bond donors (Lipinski definition) is 1. The quantitative estimate of drug-likeness (QED) is 0.479. The smallest absolute Gasteiger partial charge is 0.140 e. The molecule has 0 rings (SSSR count). The first-order valence-corrected chi connectivity index (χ1v) is 1.95. The average Bonchev–Trinajstić information content (AvgIpc) is 1.72. The fourth-order valence-electron chi connectivity index (χ4n) is 0.195. The van der Waals surface area contributed by atoms with Crippen molar-refractivity contribution in [3.05, 3.63) is 0 Å². The Bertz CT molecular complexity index is 68.6. The molecular weight excluding hydrogens is 92.1 g/mol. The summed E-state index contributed by atoms with van der Waals surface area (Å²) in [6.07, 6.45) is 4.43. The first-order chi connectivity index (χ1) is 3.35. The summed E-state index contributed by atoms with van der Waals surface area (Å²) < 4.78 is 4.56. The van der Waals surface area contributed by atoms with E-state index in [-0.39, 0.29) is 6.61 Å². The van der Waals surface area contributed by atoms with Crippen LogP contribution in [0.15, 0.2) is 0 Å². The van der Waals surface area contributed by atoms with Crippen molar-refractivity contribution in [1.82, 2.24) is 0 Å². The molecule has 0 radical (unpaired) electrons. The van der Waals surface area contributed by atoms with Crippen LogP contribution in [0.1, 0.15) is 0 Å². The maximum absolute atomic E-state index is 8.26. The summed E-state index contributed by atoms with van der Waals surface area (Å²) in [6, 6.07) is 0. The molecular formula is C5H8O2. The fourth-order valence-corrected chi connectivity index (χ4v) is 0.195. The van der Waals surface area contributed by atoms with E-state index >= 15 is 0 Å². The van der Waals surface area contributed by atoms with Gasteiger partial charge in [-0.3, -0.25) is 0 Å². The molecule has 0 fully saturated rings. The highest BCUT2D eigenvalue weighted by Crippen LogP contribution is 1.80. The number of methoxy groups -OCH3 is 1. The van der Waals surface area contributed by atoms with Crippen LogP contribution in [0.5, 0.6) is 0 Å². The Morgan fingerprint density at radius 1 is 2.00 bits per heavy atom. The fraction of sp³-hybridized carbons (Fsp3) is 0.600. The zero-order chi connectivity index (χ0) is 5.70. The van der Waals surface area contributed by atoms with Gasteiger partial charge in [0.15, 0.2) is 0 Å². The minimum absolute atomic E-state index is 0.104. The van der Waals surface area contributed by atoms with Gasteiger partial charge in [-0.15, -0.1) is 6.42 Å². The minimum Gasteiger partial charge on any atom is -0.393 e. The predicted octanol–water partition coefficient (Wildman–Crippen LogP) is -0.373. The molecule has 0 amide bonds. The highest BCUT2D eigenvalue weighted by molar-refractivity contribution is 4.93. The summed E-state index contributed by atoms with van der Waals surface area (Å²) in [5.74, 6) is 2.23. The highest BCUT2D eigenvalue weighted by atomic mass is 16.5. The molecule has 1 N–H and O–H groups in total. The zero-order valence-electron chi connectivity index (χ0n) is 4.22. The van der Waals surface area contributed by atoms with Crippen LogP contribution in [-0.2, 0) is 4.74 Å². The molecule has 1 atom stereocenters. The van der Waals surface area contributed by atoms with E-state index in [2.05, 4.69) is 10.7 Å². The molecule has 7 heavy (non-hydrogen) atoms. The van der Waals surface area contributed by atoms with E-state index in [1.54, 1.807) is 0 Å². The molecule has 2 heteroatoms. The summed E-state index contributed by atoms with van der Waals surface area (Å²) in [5.41, 5.74) is 0. The van der Waals surface area contributed by atoms with E-state index in [1.807, 2.05) is 0 Å². The van der Waals surface area contributed by atoms with Crippen LogP contribution in [0.2, 0.25) is 0 Å². The van der Waals surface area contributed by atoms with Crippen molar-refractivity contribution in [2.45, 2.75) is 6.10 Å². The molecule has 1 unspecified atom stereocenters. The van der Waals surface area contributed by atoms with Crippen molar-refractivity contribution in [3.8, 4) is 12.3 Å². The first-order valence-electron chi connectivity index (χ1n) is 1.95. The van der Waals surface area contributed by atoms with Gasteiger partial charge >= 0.3 is 0 Å². The van der Waals surface area contributed by atoms with Gasteiger partial charge in [-0.25, -0.2) is 0 Å². The highest BCUT2D eigenvalue weighted by Gasteiger charge is 1.94. The summed E-state index contributed by atoms with van der Waals surface area (Å²) >= 11 is 0. The van der Waals surface area contributed by atoms with Crippen LogP contribution in [-0.4, -0.2) is 24.9 Å². The number of ether oxygens (including phenoxy) is 1. The van der Waals surface area contributed by atoms with Crippen LogP contribution in [0, 0.1) is 12.3 Å². The molecule has 0 saturated carbocycles. The summed E-state index contributed by atoms with van der Waals surface area (Å²) in [5, 5.41) is 8.26. The Hall–Kier alpha value is -0.520. The normalized spacial score (nSPS) is 12.7. The predicted molar refractivity (Wildman–Crippen MR) is 26.7 cm³/mol. The third-order valence-corrected chi connectivity index (χ3v) is 0.636. The van der Waals surface area contributed by atoms with Crippen LogP contribution < -0.4 is 0 Å². The van der Waals surface area contributed by atoms with E-state index in [4.69, 9.17) is 11.5 Å². The van der Waals surface area contributed by atoms with E-state index in [9.17, 15) is 0 Å². The van der Waals surface area contributed by atoms with Gasteiger partial charge in [-0.1, -0.05) is 5.92 Å². The molecule has 0 aliphatic rings. The van der Waals surface area contributed by atoms with Crippen molar-refractivity contribution in [2.24, 2.45) is 0 Å². The van der Waals surface area contributed by atoms with Crippen molar-refractivity contribution in [2.75, 3.05) is 13.7 Å². The molecule has 0 spiro atoms. The lowest BCUT2D eigenvalue weighted by Crippen LogP contribution is -2.11. The Morgan fingerprint density at radius 3 is 2.57 bits per heavy atom. The molecule has 0 aromatic carbocycles. The lowest BCUT2D eigenvalue weighted by molar-refractivity contribution is 0.0885. The number of aliphatic hydroxyl groups is 1. The third kappa shape index (κ3) is 2.21. The second kappa shape index (κ2) is 3.66. The van der Waals surface area contributed by atoms with E-state index in [1.165, 1.54) is 7.11 Å². The van der Waals surface area contributed by atoms with Crippen LogP contribution >= 0.6 is 0 Å². The lowest BCUT2D eigenvalue weighted by Gasteiger charge is -2.00. The van der Waals surface area contributed by atoms with E-state index in [0.717, 1.165) is 0 Å². The Kier molecular flexibility index (Phi) is 3.39. The van der Waals surface area contributed by atoms with Gasteiger partial charge < -0.3 is 9.84 Å². The molecule has 2 nitrogen and oxygen atoms in total. The van der Waals surface area contributed by atoms with Crippen LogP contribution in [0.3, 0.4) is 0 Å². The molecule has 40 valence electrons. The lowest BCUT2D eigenvalue weighted by atomic mass is 10.4. The number of terminal acetylenes is 1. The van der Waals surface area contributed by atoms with Gasteiger partial charge in [0.05, 0.1) is 6.61 Å². The standard InChI is InChI=1S/C5H8O2/c1-3-5(4-6)7-2/h1,5-6H,4H2,2H3. The van der Waals surface area contributed by atoms with Crippen molar-refractivity contribution < 1.29 is 9.84 Å². The van der Waals surface area contributed by atoms with Crippen molar-refractivity contribution >= 4 is 0 Å². The van der Waals surface area contributed by atoms with Gasteiger partial charge in [0.2, 0.25) is 0 Å². The summed E-state index contributed by atoms with van der Waals surface area (Å²) in [4.78, 5) is 0. The summed E-state index contributed by atoms with van der Waals surface area (Å²) in [7, 11) is 1.46. The monoisotopic (exact) mass is 100 g/mol. The summed E-state index contributed by atoms with van der Waals surface area (Å²) in [6.45, 7) is -0.104. The van der Waals surface area contributed by atoms with E-state index in [0.29, 0.717) is 0 Å². The van der Waals surface area contributed by atoms with Gasteiger partial charge in [0.1, 0.15) is 6.10 Å². The Morgan fingerprint density at radius 2 is 2.57 bits per heavy atom. The molecule has 0 aromatic rings. The maximum atomic E-state index is 8.26. The number of aliphatic hydroxyl groups excluding tert-OH is 1. The second-order valence-corrected chi connectivity index (χ2v) is 1.07. The van der Waals surface area contributed by atoms with Gasteiger partial charge in [0.25, 0.3) is 0 Å². The molecule has 0 heterocycles. The first kappa shape index (κ1) is 6.48.